The maximum Gasteiger partial charge on any atom is 0.206 e. The van der Waals surface area contributed by atoms with E-state index in [0.29, 0.717) is 5.82 Å². The summed E-state index contributed by atoms with van der Waals surface area (Å²) in [6.45, 7) is 1.99. The number of aryl methyl sites for hydroxylation is 1. The van der Waals surface area contributed by atoms with Crippen molar-refractivity contribution in [3.63, 3.8) is 0 Å². The fourth-order valence-corrected chi connectivity index (χ4v) is 1.95. The minimum atomic E-state index is -0.921. The zero-order chi connectivity index (χ0) is 14.7. The summed E-state index contributed by atoms with van der Waals surface area (Å²) in [6.07, 6.45) is -0.921. The Labute approximate surface area is 122 Å². The Bertz CT molecular complexity index is 712. The van der Waals surface area contributed by atoms with Crippen LogP contribution < -0.4 is 0 Å². The van der Waals surface area contributed by atoms with Gasteiger partial charge < -0.3 is 5.11 Å². The molecule has 0 radical (unpaired) electrons. The van der Waals surface area contributed by atoms with Crippen LogP contribution in [0.4, 0.5) is 0 Å². The van der Waals surface area contributed by atoms with Gasteiger partial charge in [-0.25, -0.2) is 0 Å². The average Bonchev–Trinajstić information content (AvgIpc) is 2.56. The van der Waals surface area contributed by atoms with Crippen molar-refractivity contribution in [3.05, 3.63) is 71.5 Å². The van der Waals surface area contributed by atoms with Crippen molar-refractivity contribution in [1.82, 2.24) is 20.4 Å². The highest BCUT2D eigenvalue weighted by molar-refractivity contribution is 5.52. The first-order chi connectivity index (χ1) is 10.2. The first-order valence-electron chi connectivity index (χ1n) is 6.61. The van der Waals surface area contributed by atoms with E-state index < -0.39 is 6.10 Å². The molecule has 1 atom stereocenters. The molecule has 0 saturated heterocycles. The fourth-order valence-electron chi connectivity index (χ4n) is 1.95. The van der Waals surface area contributed by atoms with Crippen LogP contribution in [0.5, 0.6) is 0 Å². The predicted octanol–water partition coefficient (Wildman–Crippen LogP) is 2.32. The van der Waals surface area contributed by atoms with E-state index in [-0.39, 0.29) is 5.82 Å². The van der Waals surface area contributed by atoms with Crippen molar-refractivity contribution in [2.75, 3.05) is 0 Å². The van der Waals surface area contributed by atoms with E-state index in [1.165, 1.54) is 0 Å². The van der Waals surface area contributed by atoms with E-state index >= 15 is 0 Å². The highest BCUT2D eigenvalue weighted by atomic mass is 16.3. The molecule has 1 aromatic heterocycles. The SMILES string of the molecule is Cc1ccc(C(O)c2nnc(-c3ccccc3)nn2)cc1. The molecule has 1 heterocycles. The molecule has 0 aliphatic heterocycles. The summed E-state index contributed by atoms with van der Waals surface area (Å²) in [4.78, 5) is 0. The first kappa shape index (κ1) is 13.3. The minimum Gasteiger partial charge on any atom is -0.380 e. The van der Waals surface area contributed by atoms with E-state index in [1.807, 2.05) is 61.5 Å². The Hall–Kier alpha value is -2.66. The molecule has 3 aromatic rings. The quantitative estimate of drug-likeness (QED) is 0.796. The molecule has 21 heavy (non-hydrogen) atoms. The number of hydrogen-bond donors (Lipinski definition) is 1. The molecular weight excluding hydrogens is 264 g/mol. The van der Waals surface area contributed by atoms with Gasteiger partial charge in [0.15, 0.2) is 0 Å². The number of aliphatic hydroxyl groups excluding tert-OH is 1. The molecule has 0 saturated carbocycles. The normalized spacial score (nSPS) is 12.1. The average molecular weight is 278 g/mol. The van der Waals surface area contributed by atoms with Crippen molar-refractivity contribution in [3.8, 4) is 11.4 Å². The van der Waals surface area contributed by atoms with Gasteiger partial charge >= 0.3 is 0 Å². The zero-order valence-electron chi connectivity index (χ0n) is 11.5. The number of rotatable bonds is 3. The highest BCUT2D eigenvalue weighted by Gasteiger charge is 2.15. The van der Waals surface area contributed by atoms with Crippen molar-refractivity contribution in [2.45, 2.75) is 13.0 Å². The summed E-state index contributed by atoms with van der Waals surface area (Å²) in [6, 6.07) is 17.0. The van der Waals surface area contributed by atoms with Crippen LogP contribution in [0, 0.1) is 6.92 Å². The van der Waals surface area contributed by atoms with Gasteiger partial charge in [0.05, 0.1) is 0 Å². The summed E-state index contributed by atoms with van der Waals surface area (Å²) in [5, 5.41) is 26.3. The topological polar surface area (TPSA) is 71.8 Å². The fraction of sp³-hybridized carbons (Fsp3) is 0.125. The lowest BCUT2D eigenvalue weighted by molar-refractivity contribution is 0.206. The monoisotopic (exact) mass is 278 g/mol. The van der Waals surface area contributed by atoms with Gasteiger partial charge in [-0.15, -0.1) is 20.4 Å². The maximum absolute atomic E-state index is 10.2. The molecule has 0 spiro atoms. The smallest absolute Gasteiger partial charge is 0.206 e. The Morgan fingerprint density at radius 3 is 2.05 bits per heavy atom. The lowest BCUT2D eigenvalue weighted by atomic mass is 10.1. The number of hydrogen-bond acceptors (Lipinski definition) is 5. The maximum atomic E-state index is 10.2. The third-order valence-electron chi connectivity index (χ3n) is 3.16. The van der Waals surface area contributed by atoms with Crippen LogP contribution in [-0.4, -0.2) is 25.5 Å². The molecule has 5 heteroatoms. The van der Waals surface area contributed by atoms with Crippen molar-refractivity contribution in [1.29, 1.82) is 0 Å². The number of aromatic nitrogens is 4. The summed E-state index contributed by atoms with van der Waals surface area (Å²) >= 11 is 0. The molecular formula is C16H14N4O. The minimum absolute atomic E-state index is 0.193. The van der Waals surface area contributed by atoms with Crippen LogP contribution in [0.1, 0.15) is 23.1 Å². The molecule has 0 aliphatic carbocycles. The summed E-state index contributed by atoms with van der Waals surface area (Å²) < 4.78 is 0. The second-order valence-electron chi connectivity index (χ2n) is 4.76. The Kier molecular flexibility index (Phi) is 3.66. The van der Waals surface area contributed by atoms with Crippen LogP contribution >= 0.6 is 0 Å². The number of benzene rings is 2. The lowest BCUT2D eigenvalue weighted by Gasteiger charge is -2.08. The molecule has 104 valence electrons. The van der Waals surface area contributed by atoms with E-state index in [0.717, 1.165) is 16.7 Å². The van der Waals surface area contributed by atoms with Gasteiger partial charge in [-0.05, 0) is 12.5 Å². The molecule has 0 aliphatic rings. The van der Waals surface area contributed by atoms with Gasteiger partial charge in [-0.2, -0.15) is 0 Å². The van der Waals surface area contributed by atoms with Gasteiger partial charge in [-0.3, -0.25) is 0 Å². The van der Waals surface area contributed by atoms with E-state index in [1.54, 1.807) is 0 Å². The standard InChI is InChI=1S/C16H14N4O/c1-11-7-9-12(10-8-11)14(21)16-19-17-15(18-20-16)13-5-3-2-4-6-13/h2-10,14,21H,1H3. The summed E-state index contributed by atoms with van der Waals surface area (Å²) in [7, 11) is 0. The summed E-state index contributed by atoms with van der Waals surface area (Å²) in [5.74, 6) is 0.633. The van der Waals surface area contributed by atoms with Crippen LogP contribution in [0.3, 0.4) is 0 Å². The highest BCUT2D eigenvalue weighted by Crippen LogP contribution is 2.19. The number of nitrogens with zero attached hydrogens (tertiary/aromatic N) is 4. The molecule has 0 bridgehead atoms. The van der Waals surface area contributed by atoms with E-state index in [2.05, 4.69) is 20.4 Å². The number of aliphatic hydroxyl groups is 1. The third kappa shape index (κ3) is 2.93. The van der Waals surface area contributed by atoms with Crippen molar-refractivity contribution in [2.24, 2.45) is 0 Å². The Morgan fingerprint density at radius 2 is 1.43 bits per heavy atom. The van der Waals surface area contributed by atoms with Gasteiger partial charge in [0.25, 0.3) is 0 Å². The second-order valence-corrected chi connectivity index (χ2v) is 4.76. The molecule has 2 aromatic carbocycles. The Balaban J connectivity index is 1.85. The Morgan fingerprint density at radius 1 is 0.810 bits per heavy atom. The first-order valence-corrected chi connectivity index (χ1v) is 6.61. The van der Waals surface area contributed by atoms with Crippen LogP contribution in [-0.2, 0) is 0 Å². The third-order valence-corrected chi connectivity index (χ3v) is 3.16. The second kappa shape index (κ2) is 5.76. The van der Waals surface area contributed by atoms with Crippen LogP contribution in [0.2, 0.25) is 0 Å². The molecule has 0 fully saturated rings. The van der Waals surface area contributed by atoms with Crippen LogP contribution in [0.15, 0.2) is 54.6 Å². The van der Waals surface area contributed by atoms with Gasteiger partial charge in [0, 0.05) is 5.56 Å². The van der Waals surface area contributed by atoms with E-state index in [9.17, 15) is 5.11 Å². The zero-order valence-corrected chi connectivity index (χ0v) is 11.5. The van der Waals surface area contributed by atoms with Crippen molar-refractivity contribution < 1.29 is 5.11 Å². The summed E-state index contributed by atoms with van der Waals surface area (Å²) in [5.41, 5.74) is 2.69. The predicted molar refractivity (Wildman–Crippen MR) is 78.3 cm³/mol. The largest absolute Gasteiger partial charge is 0.380 e. The van der Waals surface area contributed by atoms with E-state index in [4.69, 9.17) is 0 Å². The van der Waals surface area contributed by atoms with Gasteiger partial charge in [-0.1, -0.05) is 60.2 Å². The molecule has 5 nitrogen and oxygen atoms in total. The van der Waals surface area contributed by atoms with Gasteiger partial charge in [0.2, 0.25) is 11.6 Å². The van der Waals surface area contributed by atoms with Gasteiger partial charge in [0.1, 0.15) is 6.10 Å². The molecule has 1 N–H and O–H groups in total. The van der Waals surface area contributed by atoms with Crippen molar-refractivity contribution >= 4 is 0 Å². The van der Waals surface area contributed by atoms with Crippen LogP contribution in [0.25, 0.3) is 11.4 Å². The molecule has 0 amide bonds. The molecule has 1 unspecified atom stereocenters. The lowest BCUT2D eigenvalue weighted by Crippen LogP contribution is -2.09. The molecule has 3 rings (SSSR count).